The van der Waals surface area contributed by atoms with Crippen LogP contribution in [-0.2, 0) is 15.4 Å². The monoisotopic (exact) mass is 552 g/mol. The van der Waals surface area contributed by atoms with Crippen molar-refractivity contribution in [3.63, 3.8) is 0 Å². The van der Waals surface area contributed by atoms with Gasteiger partial charge in [-0.1, -0.05) is 43.6 Å². The number of hydrogen-bond donors (Lipinski definition) is 2. The Kier molecular flexibility index (Phi) is 6.01. The molecule has 7 rings (SSSR count). The predicted octanol–water partition coefficient (Wildman–Crippen LogP) is 6.82. The molecule has 0 amide bonds. The molecule has 9 heteroatoms. The van der Waals surface area contributed by atoms with Gasteiger partial charge in [0, 0.05) is 0 Å². The Labute approximate surface area is 229 Å². The van der Waals surface area contributed by atoms with Crippen LogP contribution in [0.2, 0.25) is 5.02 Å². The van der Waals surface area contributed by atoms with Gasteiger partial charge in [-0.3, -0.25) is 0 Å². The van der Waals surface area contributed by atoms with Gasteiger partial charge in [0.15, 0.2) is 0 Å². The first-order valence-electron chi connectivity index (χ1n) is 13.1. The molecule has 0 radical (unpaired) electrons. The number of rotatable bonds is 7. The second kappa shape index (κ2) is 8.93. The predicted molar refractivity (Wildman–Crippen MR) is 149 cm³/mol. The Bertz CT molecular complexity index is 1480. The Morgan fingerprint density at radius 2 is 1.71 bits per heavy atom. The number of anilines is 2. The zero-order valence-electron chi connectivity index (χ0n) is 21.9. The van der Waals surface area contributed by atoms with Crippen LogP contribution >= 0.6 is 11.6 Å². The van der Waals surface area contributed by atoms with Crippen molar-refractivity contribution >= 4 is 33.1 Å². The summed E-state index contributed by atoms with van der Waals surface area (Å²) in [5.41, 5.74) is 2.79. The van der Waals surface area contributed by atoms with Gasteiger partial charge in [0.25, 0.3) is 0 Å². The van der Waals surface area contributed by atoms with Gasteiger partial charge in [0.05, 0.1) is 23.1 Å². The third kappa shape index (κ3) is 4.56. The molecule has 0 saturated heterocycles. The minimum absolute atomic E-state index is 0.124. The fourth-order valence-corrected chi connectivity index (χ4v) is 9.39. The van der Waals surface area contributed by atoms with Gasteiger partial charge in [-0.05, 0) is 97.6 Å². The van der Waals surface area contributed by atoms with Crippen LogP contribution in [0.25, 0.3) is 0 Å². The standard InChI is InChI=1S/C29H33ClN4O3S/c1-27-11-19-12-28(2,16-27)18-29(13-19,17-27)20-8-9-23(21(30)10-20)37-26-15-32-25(14-33-26)34-22-6-4-5-7-24(22)38(35,36)31-3/h4-10,14-15,19,31H,11-13,16-18H2,1-3H3,(H,32,34). The van der Waals surface area contributed by atoms with Gasteiger partial charge in [-0.2, -0.15) is 0 Å². The summed E-state index contributed by atoms with van der Waals surface area (Å²) in [6.45, 7) is 4.97. The van der Waals surface area contributed by atoms with Crippen LogP contribution in [0, 0.1) is 16.7 Å². The molecule has 1 heterocycles. The van der Waals surface area contributed by atoms with Crippen molar-refractivity contribution in [2.45, 2.75) is 62.7 Å². The van der Waals surface area contributed by atoms with Gasteiger partial charge >= 0.3 is 0 Å². The summed E-state index contributed by atoms with van der Waals surface area (Å²) >= 11 is 6.75. The minimum Gasteiger partial charge on any atom is -0.436 e. The quantitative estimate of drug-likeness (QED) is 0.334. The highest BCUT2D eigenvalue weighted by molar-refractivity contribution is 7.89. The van der Waals surface area contributed by atoms with Crippen LogP contribution in [0.5, 0.6) is 11.6 Å². The van der Waals surface area contributed by atoms with E-state index in [2.05, 4.69) is 46.0 Å². The number of aromatic nitrogens is 2. The first-order valence-corrected chi connectivity index (χ1v) is 15.0. The maximum absolute atomic E-state index is 12.3. The van der Waals surface area contributed by atoms with Crippen molar-refractivity contribution in [3.05, 3.63) is 65.4 Å². The highest BCUT2D eigenvalue weighted by Gasteiger charge is 2.60. The number of ether oxygens (including phenoxy) is 1. The van der Waals surface area contributed by atoms with Gasteiger partial charge in [-0.25, -0.2) is 23.1 Å². The average molecular weight is 553 g/mol. The Balaban J connectivity index is 1.19. The Morgan fingerprint density at radius 1 is 0.974 bits per heavy atom. The lowest BCUT2D eigenvalue weighted by Crippen LogP contribution is -2.56. The van der Waals surface area contributed by atoms with Crippen molar-refractivity contribution in [2.24, 2.45) is 16.7 Å². The van der Waals surface area contributed by atoms with E-state index in [1.807, 2.05) is 6.07 Å². The molecular weight excluding hydrogens is 520 g/mol. The molecule has 4 fully saturated rings. The summed E-state index contributed by atoms with van der Waals surface area (Å²) in [5, 5.41) is 3.59. The molecule has 2 N–H and O–H groups in total. The number of hydrogen-bond acceptors (Lipinski definition) is 6. The number of nitrogens with zero attached hydrogens (tertiary/aromatic N) is 2. The highest BCUT2D eigenvalue weighted by atomic mass is 35.5. The largest absolute Gasteiger partial charge is 0.436 e. The Hall–Kier alpha value is -2.68. The van der Waals surface area contributed by atoms with Crippen LogP contribution in [0.15, 0.2) is 59.8 Å². The SMILES string of the molecule is CNS(=O)(=O)c1ccccc1Nc1cnc(Oc2ccc(C34CC5CC(C)(CC(C)(C5)C3)C4)cc2Cl)cn1. The van der Waals surface area contributed by atoms with Crippen LogP contribution in [-0.4, -0.2) is 25.4 Å². The first kappa shape index (κ1) is 25.6. The molecule has 4 aliphatic rings. The summed E-state index contributed by atoms with van der Waals surface area (Å²) < 4.78 is 32.9. The normalized spacial score (nSPS) is 29.8. The third-order valence-corrected chi connectivity index (χ3v) is 10.5. The van der Waals surface area contributed by atoms with Crippen molar-refractivity contribution < 1.29 is 13.2 Å². The number of halogens is 1. The molecule has 3 aromatic rings. The fraction of sp³-hybridized carbons (Fsp3) is 0.448. The molecule has 1 aromatic heterocycles. The van der Waals surface area contributed by atoms with Gasteiger partial charge in [-0.15, -0.1) is 0 Å². The van der Waals surface area contributed by atoms with Crippen LogP contribution < -0.4 is 14.8 Å². The van der Waals surface area contributed by atoms with Gasteiger partial charge < -0.3 is 10.1 Å². The molecule has 2 unspecified atom stereocenters. The lowest BCUT2D eigenvalue weighted by Gasteiger charge is -2.65. The van der Waals surface area contributed by atoms with Crippen molar-refractivity contribution in [2.75, 3.05) is 12.4 Å². The number of para-hydroxylation sites is 1. The van der Waals surface area contributed by atoms with Crippen LogP contribution in [0.1, 0.15) is 57.9 Å². The summed E-state index contributed by atoms with van der Waals surface area (Å²) in [6.07, 6.45) is 10.8. The summed E-state index contributed by atoms with van der Waals surface area (Å²) in [5.74, 6) is 2.04. The molecule has 200 valence electrons. The number of sulfonamides is 1. The summed E-state index contributed by atoms with van der Waals surface area (Å²) in [6, 6.07) is 12.8. The van der Waals surface area contributed by atoms with Crippen molar-refractivity contribution in [1.29, 1.82) is 0 Å². The van der Waals surface area contributed by atoms with Crippen LogP contribution in [0.4, 0.5) is 11.5 Å². The molecule has 4 aliphatic carbocycles. The smallest absolute Gasteiger partial charge is 0.242 e. The van der Waals surface area contributed by atoms with E-state index in [1.54, 1.807) is 18.2 Å². The van der Waals surface area contributed by atoms with E-state index in [1.165, 1.54) is 69.6 Å². The highest BCUT2D eigenvalue weighted by Crippen LogP contribution is 2.70. The fourth-order valence-electron chi connectivity index (χ4n) is 8.28. The second-order valence-corrected chi connectivity index (χ2v) is 14.5. The van der Waals surface area contributed by atoms with E-state index < -0.39 is 10.0 Å². The zero-order valence-corrected chi connectivity index (χ0v) is 23.5. The number of benzene rings is 2. The summed E-state index contributed by atoms with van der Waals surface area (Å²) in [7, 11) is -2.25. The molecule has 38 heavy (non-hydrogen) atoms. The van der Waals surface area contributed by atoms with Crippen molar-refractivity contribution in [3.8, 4) is 11.6 Å². The second-order valence-electron chi connectivity index (χ2n) is 12.2. The zero-order chi connectivity index (χ0) is 26.8. The van der Waals surface area contributed by atoms with E-state index in [9.17, 15) is 8.42 Å². The maximum Gasteiger partial charge on any atom is 0.242 e. The molecule has 4 saturated carbocycles. The van der Waals surface area contributed by atoms with Gasteiger partial charge in [0.2, 0.25) is 15.9 Å². The van der Waals surface area contributed by atoms with Crippen molar-refractivity contribution in [1.82, 2.24) is 14.7 Å². The van der Waals surface area contributed by atoms with Gasteiger partial charge in [0.1, 0.15) is 16.5 Å². The topological polar surface area (TPSA) is 93.2 Å². The molecule has 4 bridgehead atoms. The van der Waals surface area contributed by atoms with E-state index in [0.29, 0.717) is 39.0 Å². The van der Waals surface area contributed by atoms with E-state index in [-0.39, 0.29) is 10.3 Å². The Morgan fingerprint density at radius 3 is 2.34 bits per heavy atom. The molecule has 7 nitrogen and oxygen atoms in total. The van der Waals surface area contributed by atoms with E-state index in [4.69, 9.17) is 16.3 Å². The molecule has 0 spiro atoms. The van der Waals surface area contributed by atoms with E-state index in [0.717, 1.165) is 5.92 Å². The molecule has 0 aliphatic heterocycles. The van der Waals surface area contributed by atoms with E-state index >= 15 is 0 Å². The van der Waals surface area contributed by atoms with Crippen LogP contribution in [0.3, 0.4) is 0 Å². The molecule has 2 atom stereocenters. The first-order chi connectivity index (χ1) is 18.0. The minimum atomic E-state index is -3.63. The summed E-state index contributed by atoms with van der Waals surface area (Å²) in [4.78, 5) is 8.82. The molecule has 2 aromatic carbocycles. The lowest BCUT2D eigenvalue weighted by molar-refractivity contribution is -0.110. The number of nitrogens with one attached hydrogen (secondary N) is 2. The maximum atomic E-state index is 12.3. The lowest BCUT2D eigenvalue weighted by atomic mass is 9.39. The molecular formula is C29H33ClN4O3S. The average Bonchev–Trinajstić information content (AvgIpc) is 2.84. The third-order valence-electron chi connectivity index (χ3n) is 8.72.